The number of carbonyl (C=O) groups excluding carboxylic acids is 1. The van der Waals surface area contributed by atoms with Gasteiger partial charge in [-0.05, 0) is 75.5 Å². The molecule has 0 spiro atoms. The van der Waals surface area contributed by atoms with E-state index in [0.717, 1.165) is 18.7 Å². The SMILES string of the molecule is CC1CN(C(=O)COc2c(Br)cc(C#N)cc2Br)C(C)CN1Cc1ccc(F)cc1. The van der Waals surface area contributed by atoms with Crippen molar-refractivity contribution in [2.75, 3.05) is 19.7 Å². The minimum atomic E-state index is -0.240. The van der Waals surface area contributed by atoms with Gasteiger partial charge >= 0.3 is 0 Å². The van der Waals surface area contributed by atoms with E-state index in [1.165, 1.54) is 12.1 Å². The smallest absolute Gasteiger partial charge is 0.260 e. The van der Waals surface area contributed by atoms with E-state index >= 15 is 0 Å². The molecule has 0 aromatic heterocycles. The third-order valence-corrected chi connectivity index (χ3v) is 6.38. The van der Waals surface area contributed by atoms with Crippen molar-refractivity contribution in [3.8, 4) is 11.8 Å². The molecule has 1 aliphatic rings. The summed E-state index contributed by atoms with van der Waals surface area (Å²) in [5, 5.41) is 9.03. The molecule has 1 saturated heterocycles. The summed E-state index contributed by atoms with van der Waals surface area (Å²) in [5.74, 6) is 0.174. The molecule has 0 saturated carbocycles. The van der Waals surface area contributed by atoms with Crippen molar-refractivity contribution < 1.29 is 13.9 Å². The van der Waals surface area contributed by atoms with Crippen molar-refractivity contribution in [3.05, 3.63) is 62.3 Å². The number of hydrogen-bond donors (Lipinski definition) is 0. The lowest BCUT2D eigenvalue weighted by Gasteiger charge is -2.44. The average Bonchev–Trinajstić information content (AvgIpc) is 2.71. The number of rotatable bonds is 5. The standard InChI is InChI=1S/C22H22Br2FN3O2/c1-14-11-28(15(2)10-27(14)12-16-3-5-18(25)6-4-16)21(29)13-30-22-19(23)7-17(9-26)8-20(22)24/h3-8,14-15H,10-13H2,1-2H3. The fourth-order valence-corrected chi connectivity index (χ4v) is 4.98. The first kappa shape index (κ1) is 22.7. The molecule has 1 heterocycles. The maximum Gasteiger partial charge on any atom is 0.260 e. The molecule has 2 unspecified atom stereocenters. The Labute approximate surface area is 192 Å². The second-order valence-corrected chi connectivity index (χ2v) is 9.18. The summed E-state index contributed by atoms with van der Waals surface area (Å²) >= 11 is 6.78. The highest BCUT2D eigenvalue weighted by Crippen LogP contribution is 2.34. The first-order valence-corrected chi connectivity index (χ1v) is 11.2. The van der Waals surface area contributed by atoms with Crippen molar-refractivity contribution in [2.45, 2.75) is 32.5 Å². The van der Waals surface area contributed by atoms with E-state index in [4.69, 9.17) is 10.00 Å². The minimum Gasteiger partial charge on any atom is -0.481 e. The van der Waals surface area contributed by atoms with Gasteiger partial charge in [0.25, 0.3) is 5.91 Å². The lowest BCUT2D eigenvalue weighted by molar-refractivity contribution is -0.139. The summed E-state index contributed by atoms with van der Waals surface area (Å²) in [6, 6.07) is 12.1. The van der Waals surface area contributed by atoms with Gasteiger partial charge in [0, 0.05) is 31.7 Å². The highest BCUT2D eigenvalue weighted by Gasteiger charge is 2.32. The number of ether oxygens (including phenoxy) is 1. The largest absolute Gasteiger partial charge is 0.481 e. The Balaban J connectivity index is 1.60. The van der Waals surface area contributed by atoms with Crippen LogP contribution in [-0.2, 0) is 11.3 Å². The van der Waals surface area contributed by atoms with Crippen molar-refractivity contribution >= 4 is 37.8 Å². The lowest BCUT2D eigenvalue weighted by atomic mass is 10.1. The molecule has 30 heavy (non-hydrogen) atoms. The molecule has 0 aliphatic carbocycles. The third-order valence-electron chi connectivity index (χ3n) is 5.20. The van der Waals surface area contributed by atoms with Crippen molar-refractivity contribution in [3.63, 3.8) is 0 Å². The summed E-state index contributed by atoms with van der Waals surface area (Å²) in [4.78, 5) is 17.0. The van der Waals surface area contributed by atoms with Gasteiger partial charge in [-0.25, -0.2) is 4.39 Å². The van der Waals surface area contributed by atoms with Crippen LogP contribution in [0, 0.1) is 17.1 Å². The van der Waals surface area contributed by atoms with Crippen molar-refractivity contribution in [2.24, 2.45) is 0 Å². The highest BCUT2D eigenvalue weighted by atomic mass is 79.9. The van der Waals surface area contributed by atoms with Crippen LogP contribution in [0.2, 0.25) is 0 Å². The first-order valence-electron chi connectivity index (χ1n) is 9.58. The number of hydrogen-bond acceptors (Lipinski definition) is 4. The van der Waals surface area contributed by atoms with Crippen molar-refractivity contribution in [1.29, 1.82) is 5.26 Å². The fraction of sp³-hybridized carbons (Fsp3) is 0.364. The molecule has 3 rings (SSSR count). The van der Waals surface area contributed by atoms with E-state index in [1.807, 2.05) is 11.8 Å². The highest BCUT2D eigenvalue weighted by molar-refractivity contribution is 9.11. The Morgan fingerprint density at radius 3 is 2.40 bits per heavy atom. The second kappa shape index (κ2) is 9.90. The van der Waals surface area contributed by atoms with Crippen LogP contribution in [-0.4, -0.2) is 47.5 Å². The molecular formula is C22H22Br2FN3O2. The maximum atomic E-state index is 13.1. The topological polar surface area (TPSA) is 56.6 Å². The number of nitriles is 1. The van der Waals surface area contributed by atoms with Gasteiger partial charge in [0.1, 0.15) is 11.6 Å². The van der Waals surface area contributed by atoms with E-state index in [-0.39, 0.29) is 30.4 Å². The minimum absolute atomic E-state index is 0.0330. The number of carbonyl (C=O) groups is 1. The molecule has 1 amide bonds. The molecule has 1 fully saturated rings. The molecule has 0 radical (unpaired) electrons. The molecule has 0 bridgehead atoms. The van der Waals surface area contributed by atoms with Crippen LogP contribution in [0.15, 0.2) is 45.3 Å². The van der Waals surface area contributed by atoms with Gasteiger partial charge in [0.2, 0.25) is 0 Å². The van der Waals surface area contributed by atoms with E-state index < -0.39 is 0 Å². The van der Waals surface area contributed by atoms with E-state index in [2.05, 4.69) is 49.8 Å². The Hall–Kier alpha value is -1.95. The number of halogens is 3. The molecule has 2 aromatic carbocycles. The zero-order valence-electron chi connectivity index (χ0n) is 16.7. The summed E-state index contributed by atoms with van der Waals surface area (Å²) in [5.41, 5.74) is 1.54. The van der Waals surface area contributed by atoms with Gasteiger partial charge in [-0.2, -0.15) is 5.26 Å². The van der Waals surface area contributed by atoms with Crippen molar-refractivity contribution in [1.82, 2.24) is 9.80 Å². The summed E-state index contributed by atoms with van der Waals surface area (Å²) in [6.07, 6.45) is 0. The summed E-state index contributed by atoms with van der Waals surface area (Å²) < 4.78 is 20.1. The third kappa shape index (κ3) is 5.39. The quantitative estimate of drug-likeness (QED) is 0.552. The van der Waals surface area contributed by atoms with E-state index in [9.17, 15) is 9.18 Å². The van der Waals surface area contributed by atoms with Gasteiger partial charge in [-0.1, -0.05) is 12.1 Å². The molecule has 0 N–H and O–H groups in total. The predicted octanol–water partition coefficient (Wildman–Crippen LogP) is 4.72. The number of benzene rings is 2. The molecule has 1 aliphatic heterocycles. The number of nitrogens with zero attached hydrogens (tertiary/aromatic N) is 3. The number of amides is 1. The predicted molar refractivity (Wildman–Crippen MR) is 119 cm³/mol. The van der Waals surface area contributed by atoms with Crippen LogP contribution < -0.4 is 4.74 Å². The Kier molecular flexibility index (Phi) is 7.50. The Bertz CT molecular complexity index is 939. The van der Waals surface area contributed by atoms with Crippen LogP contribution >= 0.6 is 31.9 Å². The second-order valence-electron chi connectivity index (χ2n) is 7.47. The summed E-state index contributed by atoms with van der Waals surface area (Å²) in [6.45, 7) is 6.07. The Morgan fingerprint density at radius 1 is 1.17 bits per heavy atom. The van der Waals surface area contributed by atoms with Crippen LogP contribution in [0.1, 0.15) is 25.0 Å². The van der Waals surface area contributed by atoms with E-state index in [0.29, 0.717) is 26.8 Å². The van der Waals surface area contributed by atoms with Gasteiger partial charge in [0.15, 0.2) is 6.61 Å². The fourth-order valence-electron chi connectivity index (χ4n) is 3.57. The van der Waals surface area contributed by atoms with Gasteiger partial charge in [0.05, 0.1) is 20.6 Å². The zero-order valence-corrected chi connectivity index (χ0v) is 19.9. The molecule has 2 atom stereocenters. The molecular weight excluding hydrogens is 517 g/mol. The van der Waals surface area contributed by atoms with Crippen LogP contribution in [0.25, 0.3) is 0 Å². The molecule has 2 aromatic rings. The van der Waals surface area contributed by atoms with Crippen LogP contribution in [0.4, 0.5) is 4.39 Å². The monoisotopic (exact) mass is 537 g/mol. The van der Waals surface area contributed by atoms with Gasteiger partial charge in [-0.3, -0.25) is 9.69 Å². The summed E-state index contributed by atoms with van der Waals surface area (Å²) in [7, 11) is 0. The maximum absolute atomic E-state index is 13.1. The zero-order chi connectivity index (χ0) is 21.8. The molecule has 158 valence electrons. The van der Waals surface area contributed by atoms with Crippen LogP contribution in [0.5, 0.6) is 5.75 Å². The van der Waals surface area contributed by atoms with Crippen LogP contribution in [0.3, 0.4) is 0 Å². The van der Waals surface area contributed by atoms with Gasteiger partial charge in [-0.15, -0.1) is 0 Å². The molecule has 5 nitrogen and oxygen atoms in total. The Morgan fingerprint density at radius 2 is 1.80 bits per heavy atom. The molecule has 8 heteroatoms. The normalized spacial score (nSPS) is 19.4. The van der Waals surface area contributed by atoms with E-state index in [1.54, 1.807) is 24.3 Å². The number of piperazine rings is 1. The lowest BCUT2D eigenvalue weighted by Crippen LogP contribution is -2.58. The first-order chi connectivity index (χ1) is 14.3. The van der Waals surface area contributed by atoms with Gasteiger partial charge < -0.3 is 9.64 Å². The average molecular weight is 539 g/mol.